The van der Waals surface area contributed by atoms with Gasteiger partial charge >= 0.3 is 0 Å². The highest BCUT2D eigenvalue weighted by Crippen LogP contribution is 2.28. The van der Waals surface area contributed by atoms with E-state index in [1.807, 2.05) is 0 Å². The van der Waals surface area contributed by atoms with E-state index in [0.717, 1.165) is 25.9 Å². The van der Waals surface area contributed by atoms with Crippen molar-refractivity contribution in [2.24, 2.45) is 5.92 Å². The van der Waals surface area contributed by atoms with E-state index >= 15 is 0 Å². The van der Waals surface area contributed by atoms with E-state index in [4.69, 9.17) is 0 Å². The van der Waals surface area contributed by atoms with Crippen LogP contribution in [-0.2, 0) is 6.42 Å². The molecule has 0 aliphatic carbocycles. The molecular weight excluding hydrogens is 205 g/mol. The Morgan fingerprint density at radius 3 is 2.75 bits per heavy atom. The summed E-state index contributed by atoms with van der Waals surface area (Å²) in [5.74, 6) is 0.351. The van der Waals surface area contributed by atoms with Gasteiger partial charge in [0.2, 0.25) is 0 Å². The van der Waals surface area contributed by atoms with Crippen LogP contribution in [0.15, 0.2) is 12.1 Å². The first kappa shape index (κ1) is 11.4. The van der Waals surface area contributed by atoms with E-state index in [-0.39, 0.29) is 11.6 Å². The van der Waals surface area contributed by atoms with E-state index in [1.165, 1.54) is 0 Å². The summed E-state index contributed by atoms with van der Waals surface area (Å²) in [6.07, 6.45) is 2.78. The van der Waals surface area contributed by atoms with Gasteiger partial charge in [-0.05, 0) is 56.8 Å². The fraction of sp³-hybridized carbons (Fsp3) is 0.538. The van der Waals surface area contributed by atoms with Crippen molar-refractivity contribution >= 4 is 0 Å². The highest BCUT2D eigenvalue weighted by Gasteiger charge is 2.18. The molecule has 16 heavy (non-hydrogen) atoms. The van der Waals surface area contributed by atoms with Crippen molar-refractivity contribution in [2.45, 2.75) is 26.2 Å². The molecule has 3 heteroatoms. The van der Waals surface area contributed by atoms with E-state index in [2.05, 4.69) is 5.32 Å². The predicted molar refractivity (Wildman–Crippen MR) is 62.1 cm³/mol. The van der Waals surface area contributed by atoms with Crippen LogP contribution in [-0.4, -0.2) is 18.2 Å². The molecule has 0 spiro atoms. The van der Waals surface area contributed by atoms with Crippen LogP contribution >= 0.6 is 0 Å². The van der Waals surface area contributed by atoms with Crippen LogP contribution in [0, 0.1) is 18.7 Å². The van der Waals surface area contributed by atoms with Crippen molar-refractivity contribution in [1.82, 2.24) is 5.32 Å². The number of benzene rings is 1. The van der Waals surface area contributed by atoms with Crippen LogP contribution in [0.5, 0.6) is 5.75 Å². The second-order valence-electron chi connectivity index (χ2n) is 4.59. The zero-order valence-corrected chi connectivity index (χ0v) is 9.59. The van der Waals surface area contributed by atoms with Gasteiger partial charge in [-0.1, -0.05) is 6.07 Å². The van der Waals surface area contributed by atoms with Crippen LogP contribution in [0.3, 0.4) is 0 Å². The zero-order valence-electron chi connectivity index (χ0n) is 9.59. The molecule has 0 aromatic heterocycles. The largest absolute Gasteiger partial charge is 0.508 e. The lowest BCUT2D eigenvalue weighted by Crippen LogP contribution is -2.28. The predicted octanol–water partition coefficient (Wildman–Crippen LogP) is 2.38. The van der Waals surface area contributed by atoms with Gasteiger partial charge in [-0.3, -0.25) is 0 Å². The zero-order chi connectivity index (χ0) is 11.5. The smallest absolute Gasteiger partial charge is 0.132 e. The molecule has 0 amide bonds. The summed E-state index contributed by atoms with van der Waals surface area (Å²) in [5.41, 5.74) is 1.11. The molecule has 1 saturated heterocycles. The molecular formula is C13H18FNO. The Kier molecular flexibility index (Phi) is 3.44. The van der Waals surface area contributed by atoms with Crippen LogP contribution in [0.2, 0.25) is 0 Å². The fourth-order valence-corrected chi connectivity index (χ4v) is 2.30. The molecule has 0 bridgehead atoms. The molecule has 2 N–H and O–H groups in total. The van der Waals surface area contributed by atoms with E-state index in [0.29, 0.717) is 23.5 Å². The summed E-state index contributed by atoms with van der Waals surface area (Å²) in [4.78, 5) is 0. The van der Waals surface area contributed by atoms with Crippen LogP contribution in [0.4, 0.5) is 4.39 Å². The fourth-order valence-electron chi connectivity index (χ4n) is 2.30. The maximum atomic E-state index is 13.8. The Bertz CT molecular complexity index is 372. The van der Waals surface area contributed by atoms with Crippen molar-refractivity contribution in [1.29, 1.82) is 0 Å². The average molecular weight is 223 g/mol. The normalized spacial score (nSPS) is 17.6. The molecule has 0 saturated carbocycles. The summed E-state index contributed by atoms with van der Waals surface area (Å²) in [7, 11) is 0. The summed E-state index contributed by atoms with van der Waals surface area (Å²) in [5, 5.41) is 13.0. The maximum Gasteiger partial charge on any atom is 0.132 e. The van der Waals surface area contributed by atoms with Gasteiger partial charge in [0.05, 0.1) is 0 Å². The van der Waals surface area contributed by atoms with Gasteiger partial charge < -0.3 is 10.4 Å². The number of nitrogens with one attached hydrogen (secondary N) is 1. The number of hydrogen-bond acceptors (Lipinski definition) is 2. The number of hydrogen-bond donors (Lipinski definition) is 2. The minimum absolute atomic E-state index is 0.0987. The molecule has 1 aliphatic rings. The topological polar surface area (TPSA) is 32.3 Å². The minimum Gasteiger partial charge on any atom is -0.508 e. The first-order chi connectivity index (χ1) is 7.68. The van der Waals surface area contributed by atoms with Crippen LogP contribution in [0.1, 0.15) is 24.0 Å². The van der Waals surface area contributed by atoms with Crippen molar-refractivity contribution < 1.29 is 9.50 Å². The summed E-state index contributed by atoms with van der Waals surface area (Å²) in [6.45, 7) is 3.73. The molecule has 88 valence electrons. The van der Waals surface area contributed by atoms with Gasteiger partial charge in [-0.25, -0.2) is 4.39 Å². The number of halogens is 1. The van der Waals surface area contributed by atoms with Gasteiger partial charge in [-0.2, -0.15) is 0 Å². The molecule has 1 aromatic rings. The van der Waals surface area contributed by atoms with Crippen molar-refractivity contribution in [3.8, 4) is 5.75 Å². The molecule has 2 rings (SSSR count). The highest BCUT2D eigenvalue weighted by atomic mass is 19.1. The van der Waals surface area contributed by atoms with E-state index in [9.17, 15) is 9.50 Å². The third-order valence-corrected chi connectivity index (χ3v) is 3.36. The van der Waals surface area contributed by atoms with Gasteiger partial charge in [-0.15, -0.1) is 0 Å². The molecule has 1 aliphatic heterocycles. The molecule has 0 unspecified atom stereocenters. The average Bonchev–Trinajstić information content (AvgIpc) is 2.31. The third kappa shape index (κ3) is 2.35. The lowest BCUT2D eigenvalue weighted by Gasteiger charge is -2.23. The second kappa shape index (κ2) is 4.83. The van der Waals surface area contributed by atoms with Gasteiger partial charge in [0, 0.05) is 5.56 Å². The number of aryl methyl sites for hydroxylation is 1. The lowest BCUT2D eigenvalue weighted by atomic mass is 9.90. The van der Waals surface area contributed by atoms with Crippen molar-refractivity contribution in [2.75, 3.05) is 13.1 Å². The van der Waals surface area contributed by atoms with Crippen molar-refractivity contribution in [3.63, 3.8) is 0 Å². The maximum absolute atomic E-state index is 13.8. The molecule has 1 fully saturated rings. The van der Waals surface area contributed by atoms with Gasteiger partial charge in [0.25, 0.3) is 0 Å². The van der Waals surface area contributed by atoms with E-state index in [1.54, 1.807) is 19.1 Å². The summed E-state index contributed by atoms with van der Waals surface area (Å²) in [6, 6.07) is 3.21. The van der Waals surface area contributed by atoms with Crippen LogP contribution in [0.25, 0.3) is 0 Å². The molecule has 2 nitrogen and oxygen atoms in total. The Balaban J connectivity index is 2.16. The van der Waals surface area contributed by atoms with Gasteiger partial charge in [0.15, 0.2) is 0 Å². The minimum atomic E-state index is -0.237. The number of phenolic OH excluding ortho intramolecular Hbond substituents is 1. The lowest BCUT2D eigenvalue weighted by molar-refractivity contribution is 0.360. The molecule has 1 aromatic carbocycles. The summed E-state index contributed by atoms with van der Waals surface area (Å²) < 4.78 is 13.8. The Morgan fingerprint density at radius 1 is 1.38 bits per heavy atom. The van der Waals surface area contributed by atoms with Crippen molar-refractivity contribution in [3.05, 3.63) is 29.1 Å². The van der Waals surface area contributed by atoms with E-state index < -0.39 is 0 Å². The SMILES string of the molecule is Cc1ccc(O)c(CC2CCNCC2)c1F. The highest BCUT2D eigenvalue weighted by molar-refractivity contribution is 5.37. The Morgan fingerprint density at radius 2 is 2.06 bits per heavy atom. The number of piperidine rings is 1. The first-order valence-corrected chi connectivity index (χ1v) is 5.86. The number of phenols is 1. The molecule has 0 atom stereocenters. The van der Waals surface area contributed by atoms with Gasteiger partial charge in [0.1, 0.15) is 11.6 Å². The molecule has 1 heterocycles. The Hall–Kier alpha value is -1.09. The number of aromatic hydroxyl groups is 1. The standard InChI is InChI=1S/C13H18FNO/c1-9-2-3-12(16)11(13(9)14)8-10-4-6-15-7-5-10/h2-3,10,15-16H,4-8H2,1H3. The summed E-state index contributed by atoms with van der Waals surface area (Å²) >= 11 is 0. The first-order valence-electron chi connectivity index (χ1n) is 5.86. The monoisotopic (exact) mass is 223 g/mol. The third-order valence-electron chi connectivity index (χ3n) is 3.36. The van der Waals surface area contributed by atoms with Crippen LogP contribution < -0.4 is 5.32 Å². The quantitative estimate of drug-likeness (QED) is 0.806. The second-order valence-corrected chi connectivity index (χ2v) is 4.59. The Labute approximate surface area is 95.5 Å². The molecule has 0 radical (unpaired) electrons. The number of rotatable bonds is 2.